The second-order valence-electron chi connectivity index (χ2n) is 5.26. The van der Waals surface area contributed by atoms with Gasteiger partial charge in [0.1, 0.15) is 0 Å². The summed E-state index contributed by atoms with van der Waals surface area (Å²) in [5, 5.41) is 1.26. The molecule has 1 aliphatic carbocycles. The number of benzene rings is 2. The van der Waals surface area contributed by atoms with E-state index in [4.69, 9.17) is 4.74 Å². The summed E-state index contributed by atoms with van der Waals surface area (Å²) in [6.07, 6.45) is 4.94. The molecule has 0 amide bonds. The first-order valence-electron chi connectivity index (χ1n) is 7.40. The zero-order valence-electron chi connectivity index (χ0n) is 12.3. The third-order valence-corrected chi connectivity index (χ3v) is 6.49. The molecule has 1 nitrogen and oxygen atoms in total. The standard InChI is InChI=1S/C19H20OSe/c1-20-18-12-5-6-13-19(18)21-14-16-10-7-11-17(16)15-8-3-2-4-9-15/h2-6,8-9,11-13,16H,7,10,14H2,1H3. The van der Waals surface area contributed by atoms with Gasteiger partial charge in [-0.25, -0.2) is 0 Å². The fourth-order valence-electron chi connectivity index (χ4n) is 2.85. The van der Waals surface area contributed by atoms with Gasteiger partial charge >= 0.3 is 133 Å². The zero-order chi connectivity index (χ0) is 14.5. The number of para-hydroxylation sites is 1. The van der Waals surface area contributed by atoms with Gasteiger partial charge in [0.15, 0.2) is 0 Å². The number of hydrogen-bond acceptors (Lipinski definition) is 1. The fraction of sp³-hybridized carbons (Fsp3) is 0.263. The second kappa shape index (κ2) is 6.97. The minimum atomic E-state index is 0.468. The molecule has 1 aliphatic rings. The molecule has 2 aromatic carbocycles. The summed E-state index contributed by atoms with van der Waals surface area (Å²) in [6, 6.07) is 19.3. The van der Waals surface area contributed by atoms with Crippen LogP contribution in [0.2, 0.25) is 5.32 Å². The van der Waals surface area contributed by atoms with Crippen molar-refractivity contribution in [3.8, 4) is 5.75 Å². The van der Waals surface area contributed by atoms with Crippen LogP contribution in [0.4, 0.5) is 0 Å². The summed E-state index contributed by atoms with van der Waals surface area (Å²) in [6.45, 7) is 0. The fourth-order valence-corrected chi connectivity index (χ4v) is 5.36. The van der Waals surface area contributed by atoms with E-state index in [9.17, 15) is 0 Å². The van der Waals surface area contributed by atoms with E-state index in [2.05, 4.69) is 54.6 Å². The van der Waals surface area contributed by atoms with Gasteiger partial charge in [-0.15, -0.1) is 0 Å². The number of allylic oxidation sites excluding steroid dienone is 2. The molecular formula is C19H20OSe. The van der Waals surface area contributed by atoms with Crippen molar-refractivity contribution in [2.24, 2.45) is 5.92 Å². The zero-order valence-corrected chi connectivity index (χ0v) is 14.0. The molecule has 1 atom stereocenters. The molecule has 0 aliphatic heterocycles. The van der Waals surface area contributed by atoms with Crippen LogP contribution in [0.1, 0.15) is 18.4 Å². The first-order valence-corrected chi connectivity index (χ1v) is 9.46. The van der Waals surface area contributed by atoms with Gasteiger partial charge in [-0.05, 0) is 0 Å². The average molecular weight is 343 g/mol. The summed E-state index contributed by atoms with van der Waals surface area (Å²) < 4.78 is 6.85. The summed E-state index contributed by atoms with van der Waals surface area (Å²) in [7, 11) is 1.76. The molecule has 0 saturated heterocycles. The summed E-state index contributed by atoms with van der Waals surface area (Å²) in [4.78, 5) is 0. The van der Waals surface area contributed by atoms with Crippen molar-refractivity contribution in [3.05, 3.63) is 66.2 Å². The molecule has 0 spiro atoms. The summed E-state index contributed by atoms with van der Waals surface area (Å²) in [5.74, 6) is 1.75. The van der Waals surface area contributed by atoms with Crippen LogP contribution < -0.4 is 9.20 Å². The van der Waals surface area contributed by atoms with Crippen LogP contribution in [-0.4, -0.2) is 22.1 Å². The van der Waals surface area contributed by atoms with Crippen LogP contribution in [-0.2, 0) is 0 Å². The normalized spacial score (nSPS) is 17.6. The van der Waals surface area contributed by atoms with Crippen molar-refractivity contribution in [2.75, 3.05) is 7.11 Å². The number of ether oxygens (including phenoxy) is 1. The Morgan fingerprint density at radius 1 is 1.05 bits per heavy atom. The van der Waals surface area contributed by atoms with Crippen LogP contribution in [0.25, 0.3) is 5.57 Å². The van der Waals surface area contributed by atoms with Crippen LogP contribution >= 0.6 is 0 Å². The van der Waals surface area contributed by atoms with Crippen LogP contribution in [0.5, 0.6) is 5.75 Å². The molecule has 21 heavy (non-hydrogen) atoms. The summed E-state index contributed by atoms with van der Waals surface area (Å²) in [5.41, 5.74) is 2.95. The van der Waals surface area contributed by atoms with E-state index in [1.165, 1.54) is 28.2 Å². The molecule has 2 aromatic rings. The molecular weight excluding hydrogens is 323 g/mol. The maximum atomic E-state index is 5.47. The number of rotatable bonds is 5. The Morgan fingerprint density at radius 3 is 2.62 bits per heavy atom. The molecule has 0 radical (unpaired) electrons. The topological polar surface area (TPSA) is 9.23 Å². The first-order chi connectivity index (χ1) is 10.4. The van der Waals surface area contributed by atoms with Gasteiger partial charge in [0, 0.05) is 0 Å². The van der Waals surface area contributed by atoms with Gasteiger partial charge in [-0.2, -0.15) is 0 Å². The third kappa shape index (κ3) is 3.40. The Bertz CT molecular complexity index is 618. The van der Waals surface area contributed by atoms with E-state index >= 15 is 0 Å². The van der Waals surface area contributed by atoms with E-state index in [1.807, 2.05) is 6.07 Å². The van der Waals surface area contributed by atoms with E-state index in [1.54, 1.807) is 12.7 Å². The Labute approximate surface area is 133 Å². The molecule has 2 heteroatoms. The molecule has 0 N–H and O–H groups in total. The van der Waals surface area contributed by atoms with Crippen molar-refractivity contribution in [1.82, 2.24) is 0 Å². The molecule has 0 heterocycles. The minimum absolute atomic E-state index is 0.468. The van der Waals surface area contributed by atoms with Gasteiger partial charge in [-0.3, -0.25) is 0 Å². The quantitative estimate of drug-likeness (QED) is 0.748. The van der Waals surface area contributed by atoms with Crippen molar-refractivity contribution >= 4 is 25.0 Å². The third-order valence-electron chi connectivity index (χ3n) is 3.94. The number of hydrogen-bond donors (Lipinski definition) is 0. The molecule has 0 aromatic heterocycles. The predicted octanol–water partition coefficient (Wildman–Crippen LogP) is 3.94. The van der Waals surface area contributed by atoms with Gasteiger partial charge in [0.05, 0.1) is 0 Å². The van der Waals surface area contributed by atoms with Crippen molar-refractivity contribution in [3.63, 3.8) is 0 Å². The Balaban J connectivity index is 1.69. The van der Waals surface area contributed by atoms with E-state index in [0.717, 1.165) is 5.75 Å². The van der Waals surface area contributed by atoms with Crippen molar-refractivity contribution in [2.45, 2.75) is 18.2 Å². The monoisotopic (exact) mass is 344 g/mol. The van der Waals surface area contributed by atoms with Crippen LogP contribution in [0.15, 0.2) is 60.7 Å². The van der Waals surface area contributed by atoms with E-state index in [-0.39, 0.29) is 0 Å². The van der Waals surface area contributed by atoms with Crippen LogP contribution in [0, 0.1) is 5.92 Å². The molecule has 0 bridgehead atoms. The predicted molar refractivity (Wildman–Crippen MR) is 90.3 cm³/mol. The molecule has 0 saturated carbocycles. The Kier molecular flexibility index (Phi) is 4.80. The Morgan fingerprint density at radius 2 is 1.81 bits per heavy atom. The van der Waals surface area contributed by atoms with Crippen molar-refractivity contribution < 1.29 is 4.74 Å². The van der Waals surface area contributed by atoms with Crippen molar-refractivity contribution in [1.29, 1.82) is 0 Å². The molecule has 0 fully saturated rings. The SMILES string of the molecule is COc1ccccc1[Se]CC1CCC=C1c1ccccc1. The van der Waals surface area contributed by atoms with Gasteiger partial charge in [0.25, 0.3) is 0 Å². The molecule has 3 rings (SSSR count). The average Bonchev–Trinajstić information content (AvgIpc) is 3.02. The maximum absolute atomic E-state index is 5.47. The van der Waals surface area contributed by atoms with E-state index in [0.29, 0.717) is 20.9 Å². The number of methoxy groups -OCH3 is 1. The first kappa shape index (κ1) is 14.4. The van der Waals surface area contributed by atoms with Crippen LogP contribution in [0.3, 0.4) is 0 Å². The van der Waals surface area contributed by atoms with Gasteiger partial charge in [0.2, 0.25) is 0 Å². The molecule has 108 valence electrons. The van der Waals surface area contributed by atoms with Gasteiger partial charge in [-0.1, -0.05) is 0 Å². The summed E-state index contributed by atoms with van der Waals surface area (Å²) >= 11 is 0.468. The molecule has 1 unspecified atom stereocenters. The van der Waals surface area contributed by atoms with Gasteiger partial charge < -0.3 is 0 Å². The Hall–Kier alpha value is -1.50. The van der Waals surface area contributed by atoms with E-state index < -0.39 is 0 Å². The second-order valence-corrected chi connectivity index (χ2v) is 7.49.